The molecule has 3 aliphatic rings. The number of esters is 1. The lowest BCUT2D eigenvalue weighted by Gasteiger charge is -2.36. The molecule has 2 bridgehead atoms. The Kier molecular flexibility index (Phi) is 6.11. The number of nitrogens with zero attached hydrogens (tertiary/aromatic N) is 1. The van der Waals surface area contributed by atoms with Crippen LogP contribution in [0.1, 0.15) is 31.4 Å². The second-order valence-corrected chi connectivity index (χ2v) is 10.1. The van der Waals surface area contributed by atoms with Gasteiger partial charge in [-0.25, -0.2) is 0 Å². The first-order valence-corrected chi connectivity index (χ1v) is 11.9. The van der Waals surface area contributed by atoms with Gasteiger partial charge in [0.2, 0.25) is 11.8 Å². The summed E-state index contributed by atoms with van der Waals surface area (Å²) in [6, 6.07) is 4.12. The number of hydrogen-bond acceptors (Lipinski definition) is 6. The highest BCUT2D eigenvalue weighted by atomic mass is 79.9. The molecule has 3 unspecified atom stereocenters. The highest BCUT2D eigenvalue weighted by Crippen LogP contribution is 2.60. The van der Waals surface area contributed by atoms with Crippen molar-refractivity contribution >= 4 is 39.4 Å². The second kappa shape index (κ2) is 8.43. The average Bonchev–Trinajstić information content (AvgIpc) is 3.33. The van der Waals surface area contributed by atoms with Crippen molar-refractivity contribution in [3.8, 4) is 0 Å². The van der Waals surface area contributed by atoms with E-state index in [1.165, 1.54) is 4.90 Å². The summed E-state index contributed by atoms with van der Waals surface area (Å²) in [7, 11) is 0. The van der Waals surface area contributed by atoms with Gasteiger partial charge in [0, 0.05) is 10.5 Å². The zero-order chi connectivity index (χ0) is 23.4. The Labute approximate surface area is 195 Å². The van der Waals surface area contributed by atoms with E-state index in [4.69, 9.17) is 9.47 Å². The number of aryl methyl sites for hydroxylation is 2. The molecule has 3 heterocycles. The number of fused-ring (bicyclic) bond motifs is 1. The average molecular weight is 509 g/mol. The fraction of sp³-hybridized carbons (Fsp3) is 0.609. The van der Waals surface area contributed by atoms with E-state index in [0.29, 0.717) is 12.1 Å². The van der Waals surface area contributed by atoms with E-state index >= 15 is 0 Å². The van der Waals surface area contributed by atoms with Crippen LogP contribution in [0.2, 0.25) is 0 Å². The van der Waals surface area contributed by atoms with Gasteiger partial charge in [0.15, 0.2) is 0 Å². The van der Waals surface area contributed by atoms with Gasteiger partial charge in [0.05, 0.1) is 37.2 Å². The van der Waals surface area contributed by atoms with Gasteiger partial charge < -0.3 is 24.8 Å². The number of halogens is 1. The zero-order valence-electron chi connectivity index (χ0n) is 18.6. The molecule has 1 spiro atoms. The van der Waals surface area contributed by atoms with E-state index in [1.807, 2.05) is 32.0 Å². The Balaban J connectivity index is 1.77. The minimum Gasteiger partial charge on any atom is -0.466 e. The van der Waals surface area contributed by atoms with Crippen LogP contribution >= 0.6 is 15.9 Å². The molecule has 4 rings (SSSR count). The van der Waals surface area contributed by atoms with Crippen molar-refractivity contribution < 1.29 is 29.0 Å². The summed E-state index contributed by atoms with van der Waals surface area (Å²) in [4.78, 5) is 41.4. The van der Waals surface area contributed by atoms with Crippen LogP contribution in [0.3, 0.4) is 0 Å². The summed E-state index contributed by atoms with van der Waals surface area (Å²) >= 11 is 3.60. The third-order valence-electron chi connectivity index (χ3n) is 7.00. The Morgan fingerprint density at radius 2 is 2.03 bits per heavy atom. The molecule has 1 aromatic carbocycles. The van der Waals surface area contributed by atoms with Gasteiger partial charge in [-0.05, 0) is 45.2 Å². The smallest absolute Gasteiger partial charge is 0.312 e. The van der Waals surface area contributed by atoms with Gasteiger partial charge in [0.25, 0.3) is 0 Å². The topological polar surface area (TPSA) is 105 Å². The lowest BCUT2D eigenvalue weighted by molar-refractivity contribution is -0.155. The van der Waals surface area contributed by atoms with Crippen LogP contribution < -0.4 is 5.32 Å². The van der Waals surface area contributed by atoms with Crippen molar-refractivity contribution in [2.24, 2.45) is 11.8 Å². The van der Waals surface area contributed by atoms with Crippen molar-refractivity contribution in [1.29, 1.82) is 0 Å². The fourth-order valence-corrected chi connectivity index (χ4v) is 6.58. The number of hydrogen-bond donors (Lipinski definition) is 2. The largest absolute Gasteiger partial charge is 0.466 e. The van der Waals surface area contributed by atoms with Crippen LogP contribution in [-0.2, 0) is 23.9 Å². The Morgan fingerprint density at radius 1 is 1.38 bits per heavy atom. The molecule has 0 aromatic heterocycles. The van der Waals surface area contributed by atoms with Gasteiger partial charge in [-0.1, -0.05) is 34.1 Å². The number of likely N-dealkylation sites (tertiary alicyclic amines) is 1. The number of carbonyl (C=O) groups is 3. The highest BCUT2D eigenvalue weighted by molar-refractivity contribution is 9.09. The number of alkyl halides is 1. The van der Waals surface area contributed by atoms with Crippen molar-refractivity contribution in [3.05, 3.63) is 29.3 Å². The standard InChI is InChI=1S/C23H29BrN2O6/c1-5-31-22(30)15-16-21(29)26(13(4)10-27)19(23(16)9-14(24)18(15)32-23)20(28)25-17-11(2)7-6-8-12(17)3/h6-8,13-16,18-19,27H,5,9-10H2,1-4H3,(H,25,28)/t13-,14?,15-,16+,18-,19?,23?/m1/s1. The molecule has 3 fully saturated rings. The molecule has 0 radical (unpaired) electrons. The maximum atomic E-state index is 13.7. The van der Waals surface area contributed by atoms with Crippen LogP contribution in [0, 0.1) is 25.7 Å². The normalized spacial score (nSPS) is 33.9. The number of ether oxygens (including phenoxy) is 2. The quantitative estimate of drug-likeness (QED) is 0.449. The van der Waals surface area contributed by atoms with Gasteiger partial charge in [-0.3, -0.25) is 14.4 Å². The Hall–Kier alpha value is -1.97. The minimum absolute atomic E-state index is 0.191. The van der Waals surface area contributed by atoms with Crippen molar-refractivity contribution in [1.82, 2.24) is 4.90 Å². The van der Waals surface area contributed by atoms with Gasteiger partial charge in [-0.15, -0.1) is 0 Å². The number of anilines is 1. The maximum absolute atomic E-state index is 13.7. The van der Waals surface area contributed by atoms with Gasteiger partial charge >= 0.3 is 5.97 Å². The SMILES string of the molecule is CCOC(=O)[C@H]1[C@@H]2OC3(CC2Br)C(C(=O)Nc2c(C)cccc2C)N([C@H](C)CO)C(=O)[C@H]13. The molecule has 32 heavy (non-hydrogen) atoms. The van der Waals surface area contributed by atoms with Gasteiger partial charge in [0.1, 0.15) is 11.6 Å². The summed E-state index contributed by atoms with van der Waals surface area (Å²) in [6.07, 6.45) is -0.145. The predicted octanol–water partition coefficient (Wildman–Crippen LogP) is 1.93. The van der Waals surface area contributed by atoms with Crippen LogP contribution in [0.25, 0.3) is 0 Å². The number of aliphatic hydroxyl groups is 1. The number of rotatable bonds is 6. The first-order valence-electron chi connectivity index (χ1n) is 11.0. The van der Waals surface area contributed by atoms with Gasteiger partial charge in [-0.2, -0.15) is 0 Å². The Morgan fingerprint density at radius 3 is 2.62 bits per heavy atom. The maximum Gasteiger partial charge on any atom is 0.312 e. The van der Waals surface area contributed by atoms with Crippen LogP contribution in [0.4, 0.5) is 5.69 Å². The zero-order valence-corrected chi connectivity index (χ0v) is 20.2. The third-order valence-corrected chi connectivity index (χ3v) is 7.85. The molecular formula is C23H29BrN2O6. The molecule has 1 aromatic rings. The molecular weight excluding hydrogens is 480 g/mol. The molecule has 0 aliphatic carbocycles. The summed E-state index contributed by atoms with van der Waals surface area (Å²) in [6.45, 7) is 7.08. The first-order chi connectivity index (χ1) is 15.2. The van der Waals surface area contributed by atoms with E-state index in [2.05, 4.69) is 21.2 Å². The van der Waals surface area contributed by atoms with Crippen molar-refractivity contribution in [2.75, 3.05) is 18.5 Å². The third kappa shape index (κ3) is 3.28. The van der Waals surface area contributed by atoms with E-state index in [1.54, 1.807) is 13.8 Å². The molecule has 8 nitrogen and oxygen atoms in total. The van der Waals surface area contributed by atoms with E-state index in [9.17, 15) is 19.5 Å². The lowest BCUT2D eigenvalue weighted by atomic mass is 9.70. The number of amides is 2. The molecule has 3 aliphatic heterocycles. The molecule has 0 saturated carbocycles. The lowest BCUT2D eigenvalue weighted by Crippen LogP contribution is -2.56. The minimum atomic E-state index is -1.17. The van der Waals surface area contributed by atoms with Crippen LogP contribution in [0.15, 0.2) is 18.2 Å². The number of benzene rings is 1. The van der Waals surface area contributed by atoms with E-state index in [0.717, 1.165) is 11.1 Å². The molecule has 2 N–H and O–H groups in total. The monoisotopic (exact) mass is 508 g/mol. The summed E-state index contributed by atoms with van der Waals surface area (Å²) in [5.74, 6) is -2.86. The summed E-state index contributed by atoms with van der Waals surface area (Å²) < 4.78 is 11.6. The van der Waals surface area contributed by atoms with E-state index in [-0.39, 0.29) is 29.9 Å². The number of para-hydroxylation sites is 1. The fourth-order valence-electron chi connectivity index (χ4n) is 5.64. The van der Waals surface area contributed by atoms with Crippen molar-refractivity contribution in [3.63, 3.8) is 0 Å². The number of aliphatic hydroxyl groups excluding tert-OH is 1. The molecule has 2 amide bonds. The number of carbonyl (C=O) groups excluding carboxylic acids is 3. The summed E-state index contributed by atoms with van der Waals surface area (Å²) in [5, 5.41) is 12.9. The molecule has 174 valence electrons. The first kappa shape index (κ1) is 23.2. The predicted molar refractivity (Wildman–Crippen MR) is 120 cm³/mol. The van der Waals surface area contributed by atoms with Crippen LogP contribution in [0.5, 0.6) is 0 Å². The second-order valence-electron chi connectivity index (χ2n) is 8.95. The molecule has 9 heteroatoms. The highest BCUT2D eigenvalue weighted by Gasteiger charge is 2.77. The number of nitrogens with one attached hydrogen (secondary N) is 1. The summed E-state index contributed by atoms with van der Waals surface area (Å²) in [5.41, 5.74) is 1.32. The molecule has 3 saturated heterocycles. The molecule has 7 atom stereocenters. The van der Waals surface area contributed by atoms with Crippen molar-refractivity contribution in [2.45, 2.75) is 62.7 Å². The van der Waals surface area contributed by atoms with E-state index < -0.39 is 41.6 Å². The van der Waals surface area contributed by atoms with Crippen LogP contribution in [-0.4, -0.2) is 69.6 Å². The Bertz CT molecular complexity index is 934.